The molecule has 8 radical (unpaired) electrons. The first-order valence-corrected chi connectivity index (χ1v) is 11.7. The van der Waals surface area contributed by atoms with Crippen molar-refractivity contribution in [3.05, 3.63) is 71.8 Å². The number of hydrogen-bond donors (Lipinski definition) is 0. The van der Waals surface area contributed by atoms with E-state index in [1.807, 2.05) is 48.5 Å². The lowest BCUT2D eigenvalue weighted by Crippen LogP contribution is -2.39. The van der Waals surface area contributed by atoms with Crippen LogP contribution in [0.2, 0.25) is 0 Å². The van der Waals surface area contributed by atoms with E-state index in [1.165, 1.54) is 5.56 Å². The van der Waals surface area contributed by atoms with Crippen LogP contribution < -0.4 is 0 Å². The van der Waals surface area contributed by atoms with Gasteiger partial charge in [0.2, 0.25) is 0 Å². The van der Waals surface area contributed by atoms with Gasteiger partial charge in [-0.1, -0.05) is 91.4 Å². The zero-order valence-electron chi connectivity index (χ0n) is 16.7. The largest absolute Gasteiger partial charge is 0.169 e. The molecule has 0 aliphatic heterocycles. The van der Waals surface area contributed by atoms with Gasteiger partial charge in [-0.15, -0.1) is 0 Å². The molecular weight excluding hydrogens is 372 g/mol. The topological polar surface area (TPSA) is 0 Å². The minimum absolute atomic E-state index is 0.206. The summed E-state index contributed by atoms with van der Waals surface area (Å²) in [5.41, 5.74) is 2.27. The highest BCUT2D eigenvalue weighted by Crippen LogP contribution is 2.44. The Morgan fingerprint density at radius 2 is 1.50 bits per heavy atom. The SMILES string of the molecule is [B]C(SC([B])(CCCCC)CC([B])([B])SCc1ccccc1)c1ccccc1. The molecule has 6 heteroatoms. The van der Waals surface area contributed by atoms with Crippen molar-refractivity contribution in [2.45, 2.75) is 59.1 Å². The summed E-state index contributed by atoms with van der Waals surface area (Å²) in [5, 5.41) is -0.206. The number of rotatable bonds is 12. The summed E-state index contributed by atoms with van der Waals surface area (Å²) in [5.74, 6) is 0.758. The Balaban J connectivity index is 2.04. The molecule has 0 aliphatic rings. The van der Waals surface area contributed by atoms with Crippen molar-refractivity contribution in [1.29, 1.82) is 0 Å². The molecule has 28 heavy (non-hydrogen) atoms. The molecule has 0 saturated heterocycles. The summed E-state index contributed by atoms with van der Waals surface area (Å²) in [7, 11) is 26.3. The third kappa shape index (κ3) is 8.41. The predicted molar refractivity (Wildman–Crippen MR) is 132 cm³/mol. The average molecular weight is 398 g/mol. The van der Waals surface area contributed by atoms with Crippen LogP contribution in [0.15, 0.2) is 60.7 Å². The van der Waals surface area contributed by atoms with Gasteiger partial charge in [0, 0.05) is 5.75 Å². The number of benzene rings is 2. The molecule has 2 aromatic rings. The van der Waals surface area contributed by atoms with Crippen molar-refractivity contribution in [3.63, 3.8) is 0 Å². The van der Waals surface area contributed by atoms with Gasteiger partial charge in [-0.3, -0.25) is 0 Å². The van der Waals surface area contributed by atoms with E-state index in [-0.39, 0.29) is 5.15 Å². The summed E-state index contributed by atoms with van der Waals surface area (Å²) < 4.78 is -1.49. The fraction of sp³-hybridized carbons (Fsp3) is 0.455. The highest BCUT2D eigenvalue weighted by Gasteiger charge is 2.33. The van der Waals surface area contributed by atoms with E-state index in [0.29, 0.717) is 6.42 Å². The lowest BCUT2D eigenvalue weighted by Gasteiger charge is -2.40. The molecule has 138 valence electrons. The van der Waals surface area contributed by atoms with Crippen LogP contribution in [0.1, 0.15) is 55.3 Å². The Bertz CT molecular complexity index is 681. The first-order valence-electron chi connectivity index (χ1n) is 9.86. The van der Waals surface area contributed by atoms with Gasteiger partial charge in [0.25, 0.3) is 0 Å². The highest BCUT2D eigenvalue weighted by atomic mass is 32.2. The average Bonchev–Trinajstić information content (AvgIpc) is 2.67. The first kappa shape index (κ1) is 23.7. The number of thioether (sulfide) groups is 2. The maximum Gasteiger partial charge on any atom is 0.0911 e. The molecule has 0 aliphatic carbocycles. The van der Waals surface area contributed by atoms with E-state index in [9.17, 15) is 0 Å². The Hall–Kier alpha value is -0.600. The molecule has 0 bridgehead atoms. The van der Waals surface area contributed by atoms with E-state index in [0.717, 1.165) is 37.0 Å². The van der Waals surface area contributed by atoms with Gasteiger partial charge in [-0.25, -0.2) is 0 Å². The molecule has 2 atom stereocenters. The van der Waals surface area contributed by atoms with E-state index >= 15 is 0 Å². The Kier molecular flexibility index (Phi) is 9.77. The fourth-order valence-corrected chi connectivity index (χ4v) is 5.60. The third-order valence-electron chi connectivity index (χ3n) is 4.62. The van der Waals surface area contributed by atoms with Gasteiger partial charge in [0.05, 0.1) is 31.4 Å². The second-order valence-corrected chi connectivity index (χ2v) is 10.3. The van der Waals surface area contributed by atoms with Gasteiger partial charge in [0.1, 0.15) is 0 Å². The lowest BCUT2D eigenvalue weighted by molar-refractivity contribution is 0.590. The van der Waals surface area contributed by atoms with Gasteiger partial charge in [0.15, 0.2) is 0 Å². The fourth-order valence-electron chi connectivity index (χ4n) is 3.14. The minimum atomic E-state index is -0.916. The van der Waals surface area contributed by atoms with Gasteiger partial charge in [-0.2, -0.15) is 23.5 Å². The van der Waals surface area contributed by atoms with Crippen LogP contribution in [0.5, 0.6) is 0 Å². The second-order valence-electron chi connectivity index (χ2n) is 7.38. The van der Waals surface area contributed by atoms with E-state index in [1.54, 1.807) is 23.5 Å². The van der Waals surface area contributed by atoms with Crippen LogP contribution in [0.4, 0.5) is 0 Å². The van der Waals surface area contributed by atoms with Crippen LogP contribution >= 0.6 is 23.5 Å². The highest BCUT2D eigenvalue weighted by molar-refractivity contribution is 8.03. The monoisotopic (exact) mass is 398 g/mol. The van der Waals surface area contributed by atoms with Gasteiger partial charge in [-0.05, 0) is 33.8 Å². The Labute approximate surface area is 185 Å². The molecule has 2 rings (SSSR count). The maximum atomic E-state index is 6.84. The van der Waals surface area contributed by atoms with E-state index in [2.05, 4.69) is 19.1 Å². The van der Waals surface area contributed by atoms with Crippen molar-refractivity contribution in [1.82, 2.24) is 0 Å². The molecule has 0 amide bonds. The molecule has 0 heterocycles. The van der Waals surface area contributed by atoms with Crippen LogP contribution in [0, 0.1) is 0 Å². The lowest BCUT2D eigenvalue weighted by atomic mass is 9.60. The molecule has 0 N–H and O–H groups in total. The Morgan fingerprint density at radius 3 is 2.11 bits per heavy atom. The van der Waals surface area contributed by atoms with Crippen LogP contribution in [-0.4, -0.2) is 40.6 Å². The molecule has 2 unspecified atom stereocenters. The third-order valence-corrected chi connectivity index (χ3v) is 7.12. The van der Waals surface area contributed by atoms with Gasteiger partial charge >= 0.3 is 0 Å². The smallest absolute Gasteiger partial charge is 0.0911 e. The van der Waals surface area contributed by atoms with Crippen molar-refractivity contribution in [2.75, 3.05) is 0 Å². The summed E-state index contributed by atoms with van der Waals surface area (Å²) in [6, 6.07) is 20.3. The summed E-state index contributed by atoms with van der Waals surface area (Å²) in [6.07, 6.45) is 4.66. The normalized spacial score (nSPS) is 15.0. The maximum absolute atomic E-state index is 6.84. The van der Waals surface area contributed by atoms with Crippen LogP contribution in [-0.2, 0) is 5.75 Å². The molecule has 0 saturated carbocycles. The first-order chi connectivity index (χ1) is 13.3. The number of hydrogen-bond acceptors (Lipinski definition) is 2. The summed E-state index contributed by atoms with van der Waals surface area (Å²) in [4.78, 5) is 0. The molecule has 0 fully saturated rings. The zero-order valence-corrected chi connectivity index (χ0v) is 18.4. The molecule has 0 aromatic heterocycles. The van der Waals surface area contributed by atoms with Crippen molar-refractivity contribution in [2.24, 2.45) is 0 Å². The molecular formula is C22H26B4S2. The quantitative estimate of drug-likeness (QED) is 0.350. The Morgan fingerprint density at radius 1 is 0.893 bits per heavy atom. The molecule has 2 aromatic carbocycles. The standard InChI is InChI=1S/C22H26B4S2/c1-2-3-10-15-21(24,28-20(23)19-13-8-5-9-14-19)17-22(25,26)27-16-18-11-6-4-7-12-18/h4-9,11-14,20H,2-3,10,15-17H2,1H3. The van der Waals surface area contributed by atoms with E-state index < -0.39 is 9.19 Å². The minimum Gasteiger partial charge on any atom is -0.169 e. The predicted octanol–water partition coefficient (Wildman–Crippen LogP) is 5.35. The summed E-state index contributed by atoms with van der Waals surface area (Å²) >= 11 is 3.12. The van der Waals surface area contributed by atoms with Crippen molar-refractivity contribution >= 4 is 54.9 Å². The molecule has 0 nitrogen and oxygen atoms in total. The van der Waals surface area contributed by atoms with Crippen molar-refractivity contribution < 1.29 is 0 Å². The second kappa shape index (κ2) is 11.6. The van der Waals surface area contributed by atoms with Crippen molar-refractivity contribution in [3.8, 4) is 0 Å². The zero-order chi connectivity index (χ0) is 20.5. The van der Waals surface area contributed by atoms with Gasteiger partial charge < -0.3 is 0 Å². The molecule has 0 spiro atoms. The number of unbranched alkanes of at least 4 members (excludes halogenated alkanes) is 2. The summed E-state index contributed by atoms with van der Waals surface area (Å²) in [6.45, 7) is 2.19. The van der Waals surface area contributed by atoms with Crippen LogP contribution in [0.25, 0.3) is 0 Å². The van der Waals surface area contributed by atoms with Crippen LogP contribution in [0.3, 0.4) is 0 Å². The van der Waals surface area contributed by atoms with E-state index in [4.69, 9.17) is 31.4 Å².